The molecule has 4 nitrogen and oxygen atoms in total. The second-order valence-corrected chi connectivity index (χ2v) is 10.6. The van der Waals surface area contributed by atoms with E-state index in [1.165, 1.54) is 11.8 Å². The number of benzene rings is 3. The van der Waals surface area contributed by atoms with Crippen molar-refractivity contribution < 1.29 is 9.59 Å². The summed E-state index contributed by atoms with van der Waals surface area (Å²) in [5.41, 5.74) is 2.01. The van der Waals surface area contributed by atoms with Crippen LogP contribution >= 0.6 is 27.7 Å². The van der Waals surface area contributed by atoms with Gasteiger partial charge < -0.3 is 10.2 Å². The van der Waals surface area contributed by atoms with Gasteiger partial charge in [-0.2, -0.15) is 0 Å². The first-order valence-electron chi connectivity index (χ1n) is 11.5. The molecular weight excluding hydrogens is 508 g/mol. The van der Waals surface area contributed by atoms with Crippen LogP contribution in [0, 0.1) is 5.92 Å². The van der Waals surface area contributed by atoms with Gasteiger partial charge in [0.05, 0.1) is 5.75 Å². The van der Waals surface area contributed by atoms with Gasteiger partial charge in [-0.3, -0.25) is 9.59 Å². The van der Waals surface area contributed by atoms with Gasteiger partial charge in [-0.25, -0.2) is 0 Å². The third-order valence-corrected chi connectivity index (χ3v) is 6.85. The topological polar surface area (TPSA) is 49.4 Å². The van der Waals surface area contributed by atoms with Crippen molar-refractivity contribution in [2.75, 3.05) is 12.3 Å². The number of hydrogen-bond acceptors (Lipinski definition) is 3. The first-order chi connectivity index (χ1) is 16.4. The first kappa shape index (κ1) is 26.0. The molecule has 0 aromatic heterocycles. The minimum atomic E-state index is -0.603. The van der Waals surface area contributed by atoms with Crippen molar-refractivity contribution in [3.05, 3.63) is 101 Å². The van der Waals surface area contributed by atoms with E-state index in [4.69, 9.17) is 0 Å². The van der Waals surface area contributed by atoms with E-state index >= 15 is 0 Å². The van der Waals surface area contributed by atoms with Crippen molar-refractivity contribution in [1.82, 2.24) is 10.2 Å². The van der Waals surface area contributed by atoms with E-state index < -0.39 is 6.04 Å². The van der Waals surface area contributed by atoms with E-state index in [-0.39, 0.29) is 17.6 Å². The van der Waals surface area contributed by atoms with Crippen LogP contribution in [-0.4, -0.2) is 35.1 Å². The minimum Gasteiger partial charge on any atom is -0.354 e. The van der Waals surface area contributed by atoms with Crippen LogP contribution < -0.4 is 5.32 Å². The lowest BCUT2D eigenvalue weighted by Gasteiger charge is -2.32. The Morgan fingerprint density at radius 1 is 0.882 bits per heavy atom. The molecule has 1 N–H and O–H groups in total. The van der Waals surface area contributed by atoms with Crippen LogP contribution in [0.4, 0.5) is 0 Å². The molecular formula is C28H31BrN2O2S. The van der Waals surface area contributed by atoms with Gasteiger partial charge in [-0.1, -0.05) is 90.4 Å². The van der Waals surface area contributed by atoms with Gasteiger partial charge in [0, 0.05) is 28.9 Å². The zero-order valence-corrected chi connectivity index (χ0v) is 22.0. The number of nitrogens with one attached hydrogen (secondary N) is 1. The third kappa shape index (κ3) is 8.33. The molecule has 1 atom stereocenters. The number of nitrogens with zero attached hydrogens (tertiary/aromatic N) is 1. The molecule has 0 aliphatic heterocycles. The Morgan fingerprint density at radius 2 is 1.50 bits per heavy atom. The standard InChI is InChI=1S/C28H31BrN2O2S/c1-21(2)18-30-28(33)26(17-22-9-5-3-6-10-22)31(19-23-13-15-24(29)16-14-23)27(32)20-34-25-11-7-4-8-12-25/h3-16,21,26H,17-20H2,1-2H3,(H,30,33)/t26-/m0/s1. The van der Waals surface area contributed by atoms with E-state index in [2.05, 4.69) is 35.1 Å². The van der Waals surface area contributed by atoms with E-state index in [9.17, 15) is 9.59 Å². The van der Waals surface area contributed by atoms with Crippen LogP contribution in [0.25, 0.3) is 0 Å². The third-order valence-electron chi connectivity index (χ3n) is 5.33. The summed E-state index contributed by atoms with van der Waals surface area (Å²) in [5, 5.41) is 3.06. The van der Waals surface area contributed by atoms with Crippen molar-refractivity contribution in [2.24, 2.45) is 5.92 Å². The van der Waals surface area contributed by atoms with Crippen LogP contribution in [0.2, 0.25) is 0 Å². The summed E-state index contributed by atoms with van der Waals surface area (Å²) >= 11 is 4.97. The summed E-state index contributed by atoms with van der Waals surface area (Å²) in [6.45, 7) is 5.07. The molecule has 3 aromatic rings. The average molecular weight is 540 g/mol. The fourth-order valence-electron chi connectivity index (χ4n) is 3.51. The lowest BCUT2D eigenvalue weighted by atomic mass is 10.0. The molecule has 0 bridgehead atoms. The van der Waals surface area contributed by atoms with Crippen molar-refractivity contribution in [3.63, 3.8) is 0 Å². The van der Waals surface area contributed by atoms with E-state index in [0.717, 1.165) is 20.5 Å². The number of amides is 2. The highest BCUT2D eigenvalue weighted by Gasteiger charge is 2.30. The molecule has 0 spiro atoms. The SMILES string of the molecule is CC(C)CNC(=O)[C@H](Cc1ccccc1)N(Cc1ccc(Br)cc1)C(=O)CSc1ccccc1. The maximum Gasteiger partial charge on any atom is 0.243 e. The van der Waals surface area contributed by atoms with Crippen LogP contribution in [0.1, 0.15) is 25.0 Å². The predicted molar refractivity (Wildman–Crippen MR) is 144 cm³/mol. The van der Waals surface area contributed by atoms with E-state index in [1.54, 1.807) is 4.90 Å². The molecule has 0 radical (unpaired) electrons. The number of halogens is 1. The number of carbonyl (C=O) groups is 2. The van der Waals surface area contributed by atoms with Gasteiger partial charge in [0.25, 0.3) is 0 Å². The van der Waals surface area contributed by atoms with Crippen LogP contribution in [0.3, 0.4) is 0 Å². The van der Waals surface area contributed by atoms with E-state index in [1.807, 2.05) is 84.9 Å². The minimum absolute atomic E-state index is 0.0580. The molecule has 3 rings (SSSR count). The smallest absolute Gasteiger partial charge is 0.243 e. The molecule has 0 unspecified atom stereocenters. The van der Waals surface area contributed by atoms with Gasteiger partial charge >= 0.3 is 0 Å². The normalized spacial score (nSPS) is 11.8. The molecule has 0 aliphatic carbocycles. The van der Waals surface area contributed by atoms with Crippen molar-refractivity contribution in [3.8, 4) is 0 Å². The first-order valence-corrected chi connectivity index (χ1v) is 13.2. The highest BCUT2D eigenvalue weighted by Crippen LogP contribution is 2.21. The molecule has 6 heteroatoms. The second kappa shape index (κ2) is 13.4. The second-order valence-electron chi connectivity index (χ2n) is 8.59. The molecule has 0 saturated heterocycles. The van der Waals surface area contributed by atoms with Gasteiger partial charge in [-0.05, 0) is 41.3 Å². The maximum absolute atomic E-state index is 13.6. The highest BCUT2D eigenvalue weighted by molar-refractivity contribution is 9.10. The van der Waals surface area contributed by atoms with E-state index in [0.29, 0.717) is 25.4 Å². The fraction of sp³-hybridized carbons (Fsp3) is 0.286. The zero-order chi connectivity index (χ0) is 24.3. The molecule has 0 aliphatic rings. The summed E-state index contributed by atoms with van der Waals surface area (Å²) in [4.78, 5) is 29.7. The molecule has 0 heterocycles. The molecule has 3 aromatic carbocycles. The number of hydrogen-bond donors (Lipinski definition) is 1. The summed E-state index contributed by atoms with van der Waals surface area (Å²) < 4.78 is 0.976. The highest BCUT2D eigenvalue weighted by atomic mass is 79.9. The lowest BCUT2D eigenvalue weighted by Crippen LogP contribution is -2.51. The Kier molecular flexibility index (Phi) is 10.2. The van der Waals surface area contributed by atoms with Crippen molar-refractivity contribution in [2.45, 2.75) is 37.8 Å². The number of rotatable bonds is 11. The molecule has 2 amide bonds. The molecule has 178 valence electrons. The lowest BCUT2D eigenvalue weighted by molar-refractivity contribution is -0.139. The molecule has 34 heavy (non-hydrogen) atoms. The van der Waals surface area contributed by atoms with Crippen molar-refractivity contribution >= 4 is 39.5 Å². The van der Waals surface area contributed by atoms with Crippen molar-refractivity contribution in [1.29, 1.82) is 0 Å². The summed E-state index contributed by atoms with van der Waals surface area (Å²) in [6.07, 6.45) is 0.461. The Morgan fingerprint density at radius 3 is 2.12 bits per heavy atom. The maximum atomic E-state index is 13.6. The van der Waals surface area contributed by atoms with Gasteiger partial charge in [0.2, 0.25) is 11.8 Å². The van der Waals surface area contributed by atoms with Gasteiger partial charge in [0.15, 0.2) is 0 Å². The van der Waals surface area contributed by atoms with Gasteiger partial charge in [0.1, 0.15) is 6.04 Å². The van der Waals surface area contributed by atoms with Crippen LogP contribution in [-0.2, 0) is 22.6 Å². The number of thioether (sulfide) groups is 1. The predicted octanol–water partition coefficient (Wildman–Crippen LogP) is 5.95. The quantitative estimate of drug-likeness (QED) is 0.306. The Balaban J connectivity index is 1.88. The fourth-order valence-corrected chi connectivity index (χ4v) is 4.58. The number of carbonyl (C=O) groups excluding carboxylic acids is 2. The largest absolute Gasteiger partial charge is 0.354 e. The monoisotopic (exact) mass is 538 g/mol. The average Bonchev–Trinajstić information content (AvgIpc) is 2.85. The summed E-state index contributed by atoms with van der Waals surface area (Å²) in [7, 11) is 0. The summed E-state index contributed by atoms with van der Waals surface area (Å²) in [6, 6.07) is 27.1. The Labute approximate surface area is 215 Å². The van der Waals surface area contributed by atoms with Crippen LogP contribution in [0.5, 0.6) is 0 Å². The van der Waals surface area contributed by atoms with Gasteiger partial charge in [-0.15, -0.1) is 11.8 Å². The van der Waals surface area contributed by atoms with Crippen LogP contribution in [0.15, 0.2) is 94.3 Å². The Bertz CT molecular complexity index is 1040. The zero-order valence-electron chi connectivity index (χ0n) is 19.6. The Hall–Kier alpha value is -2.57. The summed E-state index contributed by atoms with van der Waals surface area (Å²) in [5.74, 6) is 0.416. The molecule has 0 saturated carbocycles. The molecule has 0 fully saturated rings.